The second-order valence-corrected chi connectivity index (χ2v) is 9.05. The molecule has 1 saturated heterocycles. The molecule has 0 unspecified atom stereocenters. The number of halogens is 1. The van der Waals surface area contributed by atoms with Crippen molar-refractivity contribution in [2.45, 2.75) is 45.1 Å². The van der Waals surface area contributed by atoms with Crippen molar-refractivity contribution in [2.75, 3.05) is 25.5 Å². The van der Waals surface area contributed by atoms with Gasteiger partial charge in [-0.05, 0) is 69.9 Å². The van der Waals surface area contributed by atoms with E-state index in [1.165, 1.54) is 6.20 Å². The van der Waals surface area contributed by atoms with Crippen LogP contribution >= 0.6 is 0 Å². The highest BCUT2D eigenvalue weighted by molar-refractivity contribution is 5.81. The van der Waals surface area contributed by atoms with Gasteiger partial charge in [0.05, 0.1) is 23.1 Å². The first-order chi connectivity index (χ1) is 14.7. The molecule has 1 fully saturated rings. The third-order valence-electron chi connectivity index (χ3n) is 6.34. The van der Waals surface area contributed by atoms with Crippen LogP contribution in [0.4, 0.5) is 15.9 Å². The third-order valence-corrected chi connectivity index (χ3v) is 6.34. The van der Waals surface area contributed by atoms with Gasteiger partial charge in [-0.2, -0.15) is 0 Å². The lowest BCUT2D eigenvalue weighted by Gasteiger charge is -2.38. The van der Waals surface area contributed by atoms with Crippen molar-refractivity contribution < 1.29 is 9.50 Å². The average Bonchev–Trinajstić information content (AvgIpc) is 2.75. The Labute approximate surface area is 182 Å². The standard InChI is InChI=1S/C24H30FN5O/c1-15(2)19-11-21(18(25)14-26-19)29-23-12-20-16(13-27-23)5-6-22(28-20)24(3,31)17-7-9-30(4)10-8-17/h5-6,11-15,17,31H,7-10H2,1-4H3,(H,26,27,29)/t24-/m1/s1. The fraction of sp³-hybridized carbons (Fsp3) is 0.458. The van der Waals surface area contributed by atoms with Gasteiger partial charge in [0.25, 0.3) is 0 Å². The molecule has 4 heterocycles. The van der Waals surface area contributed by atoms with Gasteiger partial charge in [0.15, 0.2) is 5.82 Å². The van der Waals surface area contributed by atoms with Crippen molar-refractivity contribution in [3.8, 4) is 0 Å². The molecule has 0 bridgehead atoms. The summed E-state index contributed by atoms with van der Waals surface area (Å²) in [5.41, 5.74) is 1.50. The molecule has 7 heteroatoms. The second kappa shape index (κ2) is 8.48. The summed E-state index contributed by atoms with van der Waals surface area (Å²) in [4.78, 5) is 15.6. The molecule has 0 aliphatic carbocycles. The summed E-state index contributed by atoms with van der Waals surface area (Å²) >= 11 is 0. The van der Waals surface area contributed by atoms with Gasteiger partial charge >= 0.3 is 0 Å². The molecule has 0 saturated carbocycles. The molecule has 4 rings (SSSR count). The number of hydrogen-bond acceptors (Lipinski definition) is 6. The molecule has 6 nitrogen and oxygen atoms in total. The van der Waals surface area contributed by atoms with Gasteiger partial charge in [0, 0.05) is 23.3 Å². The molecule has 0 amide bonds. The van der Waals surface area contributed by atoms with Crippen molar-refractivity contribution in [1.29, 1.82) is 0 Å². The quantitative estimate of drug-likeness (QED) is 0.626. The molecular weight excluding hydrogens is 393 g/mol. The summed E-state index contributed by atoms with van der Waals surface area (Å²) in [6, 6.07) is 7.31. The van der Waals surface area contributed by atoms with Crippen LogP contribution in [0.15, 0.2) is 36.7 Å². The summed E-state index contributed by atoms with van der Waals surface area (Å²) in [7, 11) is 2.11. The monoisotopic (exact) mass is 423 g/mol. The number of fused-ring (bicyclic) bond motifs is 1. The summed E-state index contributed by atoms with van der Waals surface area (Å²) < 4.78 is 14.3. The maximum atomic E-state index is 14.3. The highest BCUT2D eigenvalue weighted by Crippen LogP contribution is 2.36. The number of pyridine rings is 3. The van der Waals surface area contributed by atoms with E-state index in [-0.39, 0.29) is 11.8 Å². The fourth-order valence-corrected chi connectivity index (χ4v) is 4.15. The van der Waals surface area contributed by atoms with Crippen molar-refractivity contribution in [3.05, 3.63) is 53.9 Å². The first kappa shape index (κ1) is 21.6. The predicted molar refractivity (Wildman–Crippen MR) is 121 cm³/mol. The van der Waals surface area contributed by atoms with Gasteiger partial charge in [0.2, 0.25) is 0 Å². The van der Waals surface area contributed by atoms with Crippen molar-refractivity contribution in [2.24, 2.45) is 5.92 Å². The fourth-order valence-electron chi connectivity index (χ4n) is 4.15. The Balaban J connectivity index is 1.63. The van der Waals surface area contributed by atoms with Gasteiger partial charge in [-0.1, -0.05) is 13.8 Å². The molecule has 0 aromatic carbocycles. The lowest BCUT2D eigenvalue weighted by molar-refractivity contribution is -0.0334. The topological polar surface area (TPSA) is 74.2 Å². The molecule has 0 radical (unpaired) electrons. The van der Waals surface area contributed by atoms with Gasteiger partial charge in [-0.3, -0.25) is 4.98 Å². The predicted octanol–water partition coefficient (Wildman–Crippen LogP) is 4.58. The smallest absolute Gasteiger partial charge is 0.164 e. The molecule has 0 spiro atoms. The first-order valence-electron chi connectivity index (χ1n) is 10.8. The Bertz CT molecular complexity index is 1080. The highest BCUT2D eigenvalue weighted by atomic mass is 19.1. The molecule has 1 atom stereocenters. The van der Waals surface area contributed by atoms with Crippen molar-refractivity contribution in [1.82, 2.24) is 19.9 Å². The molecule has 2 N–H and O–H groups in total. The van der Waals surface area contributed by atoms with Crippen LogP contribution in [-0.2, 0) is 5.60 Å². The number of rotatable bonds is 5. The number of hydrogen-bond donors (Lipinski definition) is 2. The summed E-state index contributed by atoms with van der Waals surface area (Å²) in [6.07, 6.45) is 4.81. The number of nitrogens with zero attached hydrogens (tertiary/aromatic N) is 4. The van der Waals surface area contributed by atoms with Crippen molar-refractivity contribution in [3.63, 3.8) is 0 Å². The Hall–Kier alpha value is -2.64. The molecule has 31 heavy (non-hydrogen) atoms. The van der Waals surface area contributed by atoms with Crippen LogP contribution < -0.4 is 5.32 Å². The summed E-state index contributed by atoms with van der Waals surface area (Å²) in [5.74, 6) is 0.416. The Kier molecular flexibility index (Phi) is 5.90. The van der Waals surface area contributed by atoms with Crippen LogP contribution in [0.1, 0.15) is 50.9 Å². The third kappa shape index (κ3) is 4.52. The molecular formula is C24H30FN5O. The zero-order chi connectivity index (χ0) is 22.2. The second-order valence-electron chi connectivity index (χ2n) is 9.05. The van der Waals surface area contributed by atoms with E-state index >= 15 is 0 Å². The maximum Gasteiger partial charge on any atom is 0.164 e. The lowest BCUT2D eigenvalue weighted by atomic mass is 9.79. The van der Waals surface area contributed by atoms with E-state index in [0.29, 0.717) is 22.7 Å². The highest BCUT2D eigenvalue weighted by Gasteiger charge is 2.36. The molecule has 1 aliphatic heterocycles. The number of nitrogens with one attached hydrogen (secondary N) is 1. The minimum atomic E-state index is -1.00. The van der Waals surface area contributed by atoms with E-state index in [1.54, 1.807) is 18.3 Å². The first-order valence-corrected chi connectivity index (χ1v) is 10.8. The molecule has 164 valence electrons. The molecule has 3 aromatic rings. The van der Waals surface area contributed by atoms with E-state index in [9.17, 15) is 9.50 Å². The van der Waals surface area contributed by atoms with E-state index in [2.05, 4.69) is 27.2 Å². The number of piperidine rings is 1. The Morgan fingerprint density at radius 2 is 1.90 bits per heavy atom. The number of likely N-dealkylation sites (tertiary alicyclic amines) is 1. The summed E-state index contributed by atoms with van der Waals surface area (Å²) in [5, 5.41) is 15.2. The Morgan fingerprint density at radius 1 is 1.16 bits per heavy atom. The number of aliphatic hydroxyl groups is 1. The van der Waals surface area contributed by atoms with Crippen LogP contribution in [0, 0.1) is 11.7 Å². The number of anilines is 2. The van der Waals surface area contributed by atoms with Crippen LogP contribution in [0.3, 0.4) is 0 Å². The zero-order valence-corrected chi connectivity index (χ0v) is 18.6. The van der Waals surface area contributed by atoms with Crippen LogP contribution in [-0.4, -0.2) is 45.1 Å². The van der Waals surface area contributed by atoms with Crippen molar-refractivity contribution >= 4 is 22.4 Å². The minimum absolute atomic E-state index is 0.161. The maximum absolute atomic E-state index is 14.3. The Morgan fingerprint density at radius 3 is 2.61 bits per heavy atom. The van der Waals surface area contributed by atoms with E-state index in [4.69, 9.17) is 4.98 Å². The van der Waals surface area contributed by atoms with Gasteiger partial charge in [-0.15, -0.1) is 0 Å². The molecule has 3 aromatic heterocycles. The van der Waals surface area contributed by atoms with Gasteiger partial charge in [-0.25, -0.2) is 14.4 Å². The zero-order valence-electron chi connectivity index (χ0n) is 18.6. The van der Waals surface area contributed by atoms with Gasteiger partial charge < -0.3 is 15.3 Å². The molecule has 1 aliphatic rings. The van der Waals surface area contributed by atoms with E-state index in [1.807, 2.05) is 32.9 Å². The SMILES string of the molecule is CC(C)c1cc(Nc2cc3nc([C@](C)(O)C4CCN(C)CC4)ccc3cn2)c(F)cn1. The van der Waals surface area contributed by atoms with Gasteiger partial charge in [0.1, 0.15) is 11.4 Å². The van der Waals surface area contributed by atoms with Crippen LogP contribution in [0.5, 0.6) is 0 Å². The summed E-state index contributed by atoms with van der Waals surface area (Å²) in [6.45, 7) is 7.84. The van der Waals surface area contributed by atoms with E-state index < -0.39 is 11.4 Å². The average molecular weight is 424 g/mol. The lowest BCUT2D eigenvalue weighted by Crippen LogP contribution is -2.41. The van der Waals surface area contributed by atoms with Crippen LogP contribution in [0.2, 0.25) is 0 Å². The minimum Gasteiger partial charge on any atom is -0.384 e. The number of aromatic nitrogens is 3. The largest absolute Gasteiger partial charge is 0.384 e. The normalized spacial score (nSPS) is 17.8. The van der Waals surface area contributed by atoms with Crippen LogP contribution in [0.25, 0.3) is 10.9 Å². The van der Waals surface area contributed by atoms with E-state index in [0.717, 1.165) is 37.0 Å².